The van der Waals surface area contributed by atoms with E-state index in [9.17, 15) is 4.79 Å². The molecule has 0 aliphatic heterocycles. The van der Waals surface area contributed by atoms with Gasteiger partial charge in [-0.2, -0.15) is 0 Å². The van der Waals surface area contributed by atoms with Gasteiger partial charge < -0.3 is 20.5 Å². The van der Waals surface area contributed by atoms with Crippen LogP contribution in [0.2, 0.25) is 0 Å². The van der Waals surface area contributed by atoms with Crippen LogP contribution in [-0.4, -0.2) is 15.2 Å². The van der Waals surface area contributed by atoms with Crippen molar-refractivity contribution in [2.24, 2.45) is 0 Å². The maximum Gasteiger partial charge on any atom is 0.219 e. The number of anilines is 2. The Bertz CT molecular complexity index is 1550. The third-order valence-corrected chi connectivity index (χ3v) is 5.95. The van der Waals surface area contributed by atoms with Crippen LogP contribution in [-0.2, 0) is 0 Å². The highest BCUT2D eigenvalue weighted by Gasteiger charge is 2.20. The smallest absolute Gasteiger partial charge is 0.219 e. The van der Waals surface area contributed by atoms with Gasteiger partial charge >= 0.3 is 0 Å². The molecule has 7 nitrogen and oxygen atoms in total. The number of H-pyrrole nitrogens is 1. The van der Waals surface area contributed by atoms with Crippen molar-refractivity contribution in [1.29, 1.82) is 0 Å². The lowest BCUT2D eigenvalue weighted by Gasteiger charge is -2.20. The van der Waals surface area contributed by atoms with E-state index in [1.807, 2.05) is 81.4 Å². The molecule has 0 radical (unpaired) electrons. The van der Waals surface area contributed by atoms with E-state index in [0.29, 0.717) is 28.1 Å². The Morgan fingerprint density at radius 1 is 1.00 bits per heavy atom. The normalized spacial score (nSPS) is 12.1. The van der Waals surface area contributed by atoms with Gasteiger partial charge in [-0.05, 0) is 44.5 Å². The fraction of sp³-hybridized carbons (Fsp3) is 0.148. The molecule has 5 aromatic rings. The number of nitrogen functional groups attached to an aromatic ring is 1. The average molecular weight is 452 g/mol. The predicted octanol–water partition coefficient (Wildman–Crippen LogP) is 5.62. The Balaban J connectivity index is 1.63. The summed E-state index contributed by atoms with van der Waals surface area (Å²) >= 11 is 0. The number of rotatable bonds is 5. The van der Waals surface area contributed by atoms with Crippen molar-refractivity contribution in [2.75, 3.05) is 11.1 Å². The zero-order chi connectivity index (χ0) is 23.8. The standard InChI is InChI=1S/C27H25N5O2/c1-15-13-20(17(3)29-22-12-8-7-11-19(22)26-30-27(28)32-31-26)25-21(14-15)23(33)16(2)24(34-25)18-9-5-4-6-10-18/h4-14,17,29H,1-3H3,(H3,28,30,31,32). The fourth-order valence-corrected chi connectivity index (χ4v) is 4.28. The summed E-state index contributed by atoms with van der Waals surface area (Å²) in [6.45, 7) is 5.85. The van der Waals surface area contributed by atoms with Gasteiger partial charge in [0.2, 0.25) is 5.95 Å². The molecule has 0 fully saturated rings. The maximum absolute atomic E-state index is 13.3. The molecule has 1 atom stereocenters. The third kappa shape index (κ3) is 3.81. The van der Waals surface area contributed by atoms with Crippen molar-refractivity contribution in [3.8, 4) is 22.7 Å². The minimum Gasteiger partial charge on any atom is -0.455 e. The first-order chi connectivity index (χ1) is 16.4. The topological polar surface area (TPSA) is 110 Å². The number of aryl methyl sites for hydroxylation is 1. The predicted molar refractivity (Wildman–Crippen MR) is 136 cm³/mol. The quantitative estimate of drug-likeness (QED) is 0.320. The molecule has 2 aromatic heterocycles. The second-order valence-corrected chi connectivity index (χ2v) is 8.45. The summed E-state index contributed by atoms with van der Waals surface area (Å²) in [5.41, 5.74) is 11.4. The van der Waals surface area contributed by atoms with Gasteiger partial charge in [0.1, 0.15) is 11.3 Å². The average Bonchev–Trinajstić information content (AvgIpc) is 3.28. The van der Waals surface area contributed by atoms with Gasteiger partial charge in [0, 0.05) is 27.9 Å². The van der Waals surface area contributed by atoms with Crippen LogP contribution in [0.15, 0.2) is 75.9 Å². The van der Waals surface area contributed by atoms with E-state index >= 15 is 0 Å². The Morgan fingerprint density at radius 3 is 2.47 bits per heavy atom. The largest absolute Gasteiger partial charge is 0.455 e. The number of nitrogens with one attached hydrogen (secondary N) is 2. The molecule has 1 unspecified atom stereocenters. The van der Waals surface area contributed by atoms with Crippen molar-refractivity contribution in [3.05, 3.63) is 93.6 Å². The molecule has 0 amide bonds. The molecule has 2 heterocycles. The molecule has 0 saturated heterocycles. The molecular weight excluding hydrogens is 426 g/mol. The van der Waals surface area contributed by atoms with Gasteiger partial charge in [0.15, 0.2) is 11.3 Å². The van der Waals surface area contributed by atoms with E-state index in [1.165, 1.54) is 0 Å². The van der Waals surface area contributed by atoms with Crippen LogP contribution in [0.25, 0.3) is 33.7 Å². The molecule has 4 N–H and O–H groups in total. The van der Waals surface area contributed by atoms with Gasteiger partial charge in [-0.1, -0.05) is 48.5 Å². The molecule has 34 heavy (non-hydrogen) atoms. The van der Waals surface area contributed by atoms with Crippen molar-refractivity contribution in [3.63, 3.8) is 0 Å². The van der Waals surface area contributed by atoms with Crippen LogP contribution in [0.5, 0.6) is 0 Å². The molecule has 3 aromatic carbocycles. The first-order valence-corrected chi connectivity index (χ1v) is 11.1. The number of nitrogens with two attached hydrogens (primary N) is 1. The number of aromatic nitrogens is 3. The maximum atomic E-state index is 13.3. The summed E-state index contributed by atoms with van der Waals surface area (Å²) in [5, 5.41) is 12.1. The van der Waals surface area contributed by atoms with E-state index in [1.54, 1.807) is 0 Å². The monoisotopic (exact) mass is 451 g/mol. The SMILES string of the molecule is Cc1cc(C(C)Nc2ccccc2-c2nnc(N)[nH]2)c2oc(-c3ccccc3)c(C)c(=O)c2c1. The molecule has 0 aliphatic rings. The molecule has 7 heteroatoms. The van der Waals surface area contributed by atoms with E-state index in [0.717, 1.165) is 27.9 Å². The summed E-state index contributed by atoms with van der Waals surface area (Å²) in [6, 6.07) is 21.3. The Kier molecular flexibility index (Phi) is 5.37. The lowest BCUT2D eigenvalue weighted by Crippen LogP contribution is -2.13. The molecule has 0 spiro atoms. The second kappa shape index (κ2) is 8.51. The van der Waals surface area contributed by atoms with Gasteiger partial charge in [-0.25, -0.2) is 0 Å². The van der Waals surface area contributed by atoms with Crippen LogP contribution < -0.4 is 16.5 Å². The molecule has 170 valence electrons. The lowest BCUT2D eigenvalue weighted by atomic mass is 9.98. The van der Waals surface area contributed by atoms with Crippen molar-refractivity contribution in [1.82, 2.24) is 15.2 Å². The number of fused-ring (bicyclic) bond motifs is 1. The fourth-order valence-electron chi connectivity index (χ4n) is 4.28. The van der Waals surface area contributed by atoms with E-state index in [-0.39, 0.29) is 17.4 Å². The zero-order valence-electron chi connectivity index (χ0n) is 19.2. The van der Waals surface area contributed by atoms with E-state index < -0.39 is 0 Å². The van der Waals surface area contributed by atoms with E-state index in [2.05, 4.69) is 26.6 Å². The van der Waals surface area contributed by atoms with Gasteiger partial charge in [0.25, 0.3) is 0 Å². The van der Waals surface area contributed by atoms with Crippen LogP contribution >= 0.6 is 0 Å². The summed E-state index contributed by atoms with van der Waals surface area (Å²) in [5.74, 6) is 1.43. The minimum atomic E-state index is -0.168. The van der Waals surface area contributed by atoms with Gasteiger partial charge in [-0.3, -0.25) is 4.79 Å². The highest BCUT2D eigenvalue weighted by atomic mass is 16.3. The summed E-state index contributed by atoms with van der Waals surface area (Å²) in [7, 11) is 0. The van der Waals surface area contributed by atoms with E-state index in [4.69, 9.17) is 10.2 Å². The molecule has 5 rings (SSSR count). The molecule has 0 saturated carbocycles. The number of hydrogen-bond donors (Lipinski definition) is 3. The molecule has 0 bridgehead atoms. The van der Waals surface area contributed by atoms with Gasteiger partial charge in [0.05, 0.1) is 11.4 Å². The molecular formula is C27H25N5O2. The number of hydrogen-bond acceptors (Lipinski definition) is 6. The first-order valence-electron chi connectivity index (χ1n) is 11.1. The van der Waals surface area contributed by atoms with Gasteiger partial charge in [-0.15, -0.1) is 10.2 Å². The lowest BCUT2D eigenvalue weighted by molar-refractivity contribution is 0.605. The number of nitrogens with zero attached hydrogens (tertiary/aromatic N) is 2. The van der Waals surface area contributed by atoms with Crippen molar-refractivity contribution < 1.29 is 4.42 Å². The molecule has 0 aliphatic carbocycles. The number of para-hydroxylation sites is 1. The van der Waals surface area contributed by atoms with Crippen molar-refractivity contribution in [2.45, 2.75) is 26.8 Å². The van der Waals surface area contributed by atoms with Crippen LogP contribution in [0.1, 0.15) is 29.7 Å². The summed E-state index contributed by atoms with van der Waals surface area (Å²) < 4.78 is 6.44. The summed E-state index contributed by atoms with van der Waals surface area (Å²) in [4.78, 5) is 16.3. The highest BCUT2D eigenvalue weighted by molar-refractivity contribution is 5.85. The Hall–Kier alpha value is -4.39. The second-order valence-electron chi connectivity index (χ2n) is 8.45. The number of aromatic amines is 1. The Labute approximate surface area is 196 Å². The minimum absolute atomic E-state index is 0.0187. The van der Waals surface area contributed by atoms with Crippen LogP contribution in [0.4, 0.5) is 11.6 Å². The third-order valence-electron chi connectivity index (χ3n) is 5.95. The summed E-state index contributed by atoms with van der Waals surface area (Å²) in [6.07, 6.45) is 0. The van der Waals surface area contributed by atoms with Crippen LogP contribution in [0.3, 0.4) is 0 Å². The van der Waals surface area contributed by atoms with Crippen molar-refractivity contribution >= 4 is 22.6 Å². The highest BCUT2D eigenvalue weighted by Crippen LogP contribution is 2.34. The zero-order valence-corrected chi connectivity index (χ0v) is 19.2. The first kappa shape index (κ1) is 21.5. The van der Waals surface area contributed by atoms with Crippen LogP contribution in [0, 0.1) is 13.8 Å². The number of benzene rings is 3. The Morgan fingerprint density at radius 2 is 1.74 bits per heavy atom.